The molecule has 0 aliphatic heterocycles. The van der Waals surface area contributed by atoms with Gasteiger partial charge in [0.05, 0.1) is 0 Å². The zero-order valence-corrected chi connectivity index (χ0v) is 9.29. The third-order valence-electron chi connectivity index (χ3n) is 2.40. The Morgan fingerprint density at radius 1 is 1.38 bits per heavy atom. The normalized spacial score (nSPS) is 13.7. The van der Waals surface area contributed by atoms with Crippen LogP contribution in [0.5, 0.6) is 0 Å². The molecule has 1 unspecified atom stereocenters. The number of rotatable bonds is 7. The molecule has 0 aromatic carbocycles. The number of hydrogen-bond donors (Lipinski definition) is 1. The van der Waals surface area contributed by atoms with Crippen LogP contribution in [-0.2, 0) is 0 Å². The molecule has 0 amide bonds. The fourth-order valence-corrected chi connectivity index (χ4v) is 1.63. The van der Waals surface area contributed by atoms with Gasteiger partial charge in [-0.1, -0.05) is 6.08 Å². The second-order valence-corrected chi connectivity index (χ2v) is 3.86. The predicted molar refractivity (Wildman–Crippen MR) is 59.8 cm³/mol. The minimum atomic E-state index is 0.589. The Morgan fingerprint density at radius 2 is 2.00 bits per heavy atom. The molecule has 0 aromatic heterocycles. The Bertz CT molecular complexity index is 132. The fraction of sp³-hybridized carbons (Fsp3) is 0.818. The van der Waals surface area contributed by atoms with Gasteiger partial charge in [0.25, 0.3) is 0 Å². The second-order valence-electron chi connectivity index (χ2n) is 3.86. The van der Waals surface area contributed by atoms with Gasteiger partial charge in [0.1, 0.15) is 0 Å². The van der Waals surface area contributed by atoms with E-state index in [9.17, 15) is 0 Å². The van der Waals surface area contributed by atoms with Crippen LogP contribution >= 0.6 is 0 Å². The summed E-state index contributed by atoms with van der Waals surface area (Å²) in [5, 5.41) is 0. The van der Waals surface area contributed by atoms with E-state index in [4.69, 9.17) is 5.73 Å². The zero-order chi connectivity index (χ0) is 10.3. The summed E-state index contributed by atoms with van der Waals surface area (Å²) in [7, 11) is 0. The van der Waals surface area contributed by atoms with E-state index >= 15 is 0 Å². The first-order chi connectivity index (χ1) is 6.13. The van der Waals surface area contributed by atoms with E-state index in [1.165, 1.54) is 6.42 Å². The summed E-state index contributed by atoms with van der Waals surface area (Å²) in [6.45, 7) is 12.3. The van der Waals surface area contributed by atoms with E-state index < -0.39 is 0 Å². The molecule has 0 saturated heterocycles. The van der Waals surface area contributed by atoms with Crippen LogP contribution in [0.4, 0.5) is 0 Å². The van der Waals surface area contributed by atoms with Gasteiger partial charge >= 0.3 is 0 Å². The molecule has 78 valence electrons. The summed E-state index contributed by atoms with van der Waals surface area (Å²) >= 11 is 0. The minimum Gasteiger partial charge on any atom is -0.330 e. The highest BCUT2D eigenvalue weighted by molar-refractivity contribution is 4.79. The van der Waals surface area contributed by atoms with Crippen LogP contribution in [-0.4, -0.2) is 30.1 Å². The third-order valence-corrected chi connectivity index (χ3v) is 2.40. The molecule has 1 atom stereocenters. The van der Waals surface area contributed by atoms with Crippen molar-refractivity contribution in [3.8, 4) is 0 Å². The van der Waals surface area contributed by atoms with E-state index in [2.05, 4.69) is 32.3 Å². The van der Waals surface area contributed by atoms with Gasteiger partial charge in [0.15, 0.2) is 0 Å². The Labute approximate surface area is 82.8 Å². The molecule has 0 aromatic rings. The van der Waals surface area contributed by atoms with Crippen molar-refractivity contribution in [2.75, 3.05) is 13.1 Å². The van der Waals surface area contributed by atoms with E-state index in [-0.39, 0.29) is 0 Å². The maximum atomic E-state index is 5.49. The first kappa shape index (κ1) is 12.7. The van der Waals surface area contributed by atoms with Crippen molar-refractivity contribution >= 4 is 0 Å². The van der Waals surface area contributed by atoms with Crippen molar-refractivity contribution in [3.63, 3.8) is 0 Å². The highest BCUT2D eigenvalue weighted by Gasteiger charge is 2.14. The van der Waals surface area contributed by atoms with Gasteiger partial charge in [-0.3, -0.25) is 4.90 Å². The first-order valence-electron chi connectivity index (χ1n) is 5.20. The topological polar surface area (TPSA) is 29.3 Å². The summed E-state index contributed by atoms with van der Waals surface area (Å²) in [5.74, 6) is 0. The molecule has 2 N–H and O–H groups in total. The van der Waals surface area contributed by atoms with Crippen LogP contribution in [0.25, 0.3) is 0 Å². The van der Waals surface area contributed by atoms with E-state index in [0.717, 1.165) is 19.5 Å². The number of hydrogen-bond acceptors (Lipinski definition) is 2. The monoisotopic (exact) mass is 184 g/mol. The molecule has 0 aliphatic rings. The molecule has 0 saturated carbocycles. The predicted octanol–water partition coefficient (Wildman–Crippen LogP) is 2.01. The summed E-state index contributed by atoms with van der Waals surface area (Å²) in [4.78, 5) is 2.45. The third kappa shape index (κ3) is 5.06. The molecule has 0 spiro atoms. The average molecular weight is 184 g/mol. The minimum absolute atomic E-state index is 0.589. The van der Waals surface area contributed by atoms with Gasteiger partial charge in [-0.25, -0.2) is 0 Å². The standard InChI is InChI=1S/C11H24N2/c1-5-9-13(10(2)3)11(4)7-6-8-12/h5,10-11H,1,6-9,12H2,2-4H3. The second kappa shape index (κ2) is 7.10. The Kier molecular flexibility index (Phi) is 6.92. The van der Waals surface area contributed by atoms with Gasteiger partial charge in [0, 0.05) is 18.6 Å². The fourth-order valence-electron chi connectivity index (χ4n) is 1.63. The molecule has 13 heavy (non-hydrogen) atoms. The average Bonchev–Trinajstić information content (AvgIpc) is 2.09. The molecular weight excluding hydrogens is 160 g/mol. The maximum absolute atomic E-state index is 5.49. The molecule has 2 nitrogen and oxygen atoms in total. The highest BCUT2D eigenvalue weighted by atomic mass is 15.2. The van der Waals surface area contributed by atoms with Gasteiger partial charge in [-0.05, 0) is 40.2 Å². The molecule has 0 fully saturated rings. The van der Waals surface area contributed by atoms with E-state index in [1.54, 1.807) is 0 Å². The largest absolute Gasteiger partial charge is 0.330 e. The summed E-state index contributed by atoms with van der Waals surface area (Å²) in [6, 6.07) is 1.20. The molecule has 0 heterocycles. The van der Waals surface area contributed by atoms with Crippen LogP contribution in [0.15, 0.2) is 12.7 Å². The SMILES string of the molecule is C=CCN(C(C)C)C(C)CCCN. The molecule has 0 rings (SSSR count). The van der Waals surface area contributed by atoms with Crippen LogP contribution in [0.3, 0.4) is 0 Å². The van der Waals surface area contributed by atoms with Crippen LogP contribution < -0.4 is 5.73 Å². The van der Waals surface area contributed by atoms with E-state index in [0.29, 0.717) is 12.1 Å². The van der Waals surface area contributed by atoms with Crippen LogP contribution in [0.1, 0.15) is 33.6 Å². The lowest BCUT2D eigenvalue weighted by atomic mass is 10.1. The maximum Gasteiger partial charge on any atom is 0.0166 e. The summed E-state index contributed by atoms with van der Waals surface area (Å²) < 4.78 is 0. The van der Waals surface area contributed by atoms with Crippen molar-refractivity contribution in [1.29, 1.82) is 0 Å². The Hall–Kier alpha value is -0.340. The smallest absolute Gasteiger partial charge is 0.0166 e. The summed E-state index contributed by atoms with van der Waals surface area (Å²) in [6.07, 6.45) is 4.27. The number of nitrogens with zero attached hydrogens (tertiary/aromatic N) is 1. The van der Waals surface area contributed by atoms with Gasteiger partial charge < -0.3 is 5.73 Å². The van der Waals surface area contributed by atoms with Crippen LogP contribution in [0, 0.1) is 0 Å². The Morgan fingerprint density at radius 3 is 2.38 bits per heavy atom. The van der Waals surface area contributed by atoms with Crippen molar-refractivity contribution in [1.82, 2.24) is 4.90 Å². The first-order valence-corrected chi connectivity index (χ1v) is 5.20. The summed E-state index contributed by atoms with van der Waals surface area (Å²) in [5.41, 5.74) is 5.49. The van der Waals surface area contributed by atoms with Crippen molar-refractivity contribution in [2.45, 2.75) is 45.7 Å². The molecule has 0 aliphatic carbocycles. The van der Waals surface area contributed by atoms with Crippen molar-refractivity contribution in [2.24, 2.45) is 5.73 Å². The molecule has 2 heteroatoms. The lowest BCUT2D eigenvalue weighted by Gasteiger charge is -2.31. The molecule has 0 bridgehead atoms. The quantitative estimate of drug-likeness (QED) is 0.613. The van der Waals surface area contributed by atoms with Gasteiger partial charge in [0.2, 0.25) is 0 Å². The molecular formula is C11H24N2. The van der Waals surface area contributed by atoms with Crippen molar-refractivity contribution in [3.05, 3.63) is 12.7 Å². The zero-order valence-electron chi connectivity index (χ0n) is 9.29. The van der Waals surface area contributed by atoms with E-state index in [1.807, 2.05) is 6.08 Å². The number of nitrogens with two attached hydrogens (primary N) is 1. The van der Waals surface area contributed by atoms with Crippen LogP contribution in [0.2, 0.25) is 0 Å². The Balaban J connectivity index is 3.94. The molecule has 0 radical (unpaired) electrons. The highest BCUT2D eigenvalue weighted by Crippen LogP contribution is 2.09. The lowest BCUT2D eigenvalue weighted by Crippen LogP contribution is -2.39. The van der Waals surface area contributed by atoms with Crippen molar-refractivity contribution < 1.29 is 0 Å². The van der Waals surface area contributed by atoms with Gasteiger partial charge in [-0.15, -0.1) is 6.58 Å². The lowest BCUT2D eigenvalue weighted by molar-refractivity contribution is 0.174. The van der Waals surface area contributed by atoms with Gasteiger partial charge in [-0.2, -0.15) is 0 Å².